The van der Waals surface area contributed by atoms with Gasteiger partial charge in [0.25, 0.3) is 0 Å². The van der Waals surface area contributed by atoms with E-state index in [9.17, 15) is 0 Å². The van der Waals surface area contributed by atoms with Crippen molar-refractivity contribution < 1.29 is 4.42 Å². The van der Waals surface area contributed by atoms with Crippen LogP contribution in [0.4, 0.5) is 17.1 Å². The van der Waals surface area contributed by atoms with Crippen molar-refractivity contribution in [3.63, 3.8) is 0 Å². The van der Waals surface area contributed by atoms with Crippen LogP contribution in [0.1, 0.15) is 0 Å². The number of hydrogen-bond donors (Lipinski definition) is 0. The van der Waals surface area contributed by atoms with E-state index in [-0.39, 0.29) is 0 Å². The number of para-hydroxylation sites is 3. The topological polar surface area (TPSA) is 21.3 Å². The number of anilines is 3. The molecule has 0 unspecified atom stereocenters. The van der Waals surface area contributed by atoms with Crippen molar-refractivity contribution in [1.82, 2.24) is 4.57 Å². The van der Waals surface area contributed by atoms with Crippen LogP contribution in [-0.4, -0.2) is 4.57 Å². The minimum absolute atomic E-state index is 0.906. The van der Waals surface area contributed by atoms with Gasteiger partial charge in [-0.25, -0.2) is 0 Å². The van der Waals surface area contributed by atoms with Gasteiger partial charge in [-0.2, -0.15) is 0 Å². The summed E-state index contributed by atoms with van der Waals surface area (Å²) in [5, 5.41) is 7.21. The molecule has 0 spiro atoms. The Labute approximate surface area is 318 Å². The van der Waals surface area contributed by atoms with E-state index in [4.69, 9.17) is 4.42 Å². The smallest absolute Gasteiger partial charge is 0.135 e. The number of rotatable bonds is 6. The lowest BCUT2D eigenvalue weighted by Gasteiger charge is -2.26. The second kappa shape index (κ2) is 12.6. The third-order valence-electron chi connectivity index (χ3n) is 11.0. The summed E-state index contributed by atoms with van der Waals surface area (Å²) >= 11 is 0. The zero-order chi connectivity index (χ0) is 36.3. The number of fused-ring (bicyclic) bond motifs is 7. The first kappa shape index (κ1) is 31.2. The molecule has 0 amide bonds. The fourth-order valence-corrected chi connectivity index (χ4v) is 8.38. The lowest BCUT2D eigenvalue weighted by Crippen LogP contribution is -2.10. The van der Waals surface area contributed by atoms with Gasteiger partial charge in [-0.3, -0.25) is 0 Å². The molecule has 0 aliphatic carbocycles. The van der Waals surface area contributed by atoms with Crippen LogP contribution in [0, 0.1) is 0 Å². The van der Waals surface area contributed by atoms with Crippen molar-refractivity contribution in [3.8, 4) is 27.9 Å². The molecule has 0 fully saturated rings. The Bertz CT molecular complexity index is 3180. The summed E-state index contributed by atoms with van der Waals surface area (Å²) < 4.78 is 8.49. The molecule has 2 heterocycles. The van der Waals surface area contributed by atoms with E-state index >= 15 is 0 Å². The molecule has 2 aromatic heterocycles. The monoisotopic (exact) mass is 702 g/mol. The maximum atomic E-state index is 6.13. The zero-order valence-electron chi connectivity index (χ0n) is 29.9. The van der Waals surface area contributed by atoms with Crippen LogP contribution < -0.4 is 4.90 Å². The molecule has 3 heteroatoms. The third-order valence-corrected chi connectivity index (χ3v) is 11.0. The third kappa shape index (κ3) is 5.20. The maximum absolute atomic E-state index is 6.13. The van der Waals surface area contributed by atoms with Gasteiger partial charge in [0.15, 0.2) is 0 Å². The molecular formula is C52H34N2O. The van der Waals surface area contributed by atoms with Crippen LogP contribution in [-0.2, 0) is 0 Å². The molecule has 0 saturated heterocycles. The number of aromatic nitrogens is 1. The number of furan rings is 1. The van der Waals surface area contributed by atoms with Crippen molar-refractivity contribution >= 4 is 71.6 Å². The average Bonchev–Trinajstić information content (AvgIpc) is 3.80. The first-order chi connectivity index (χ1) is 27.3. The Kier molecular flexibility index (Phi) is 7.17. The fourth-order valence-electron chi connectivity index (χ4n) is 8.38. The molecule has 9 aromatic carbocycles. The molecule has 11 aromatic rings. The number of benzene rings is 9. The van der Waals surface area contributed by atoms with E-state index in [1.54, 1.807) is 0 Å². The highest BCUT2D eigenvalue weighted by atomic mass is 16.3. The van der Waals surface area contributed by atoms with Gasteiger partial charge in [-0.1, -0.05) is 127 Å². The van der Waals surface area contributed by atoms with Crippen LogP contribution in [0.5, 0.6) is 0 Å². The Balaban J connectivity index is 1.05. The number of nitrogens with zero attached hydrogens (tertiary/aromatic N) is 2. The summed E-state index contributed by atoms with van der Waals surface area (Å²) in [7, 11) is 0. The highest BCUT2D eigenvalue weighted by Gasteiger charge is 2.18. The van der Waals surface area contributed by atoms with E-state index in [0.717, 1.165) is 55.8 Å². The van der Waals surface area contributed by atoms with Crippen molar-refractivity contribution in [2.45, 2.75) is 0 Å². The average molecular weight is 703 g/mol. The molecule has 258 valence electrons. The second-order valence-corrected chi connectivity index (χ2v) is 14.2. The van der Waals surface area contributed by atoms with Crippen molar-refractivity contribution in [2.24, 2.45) is 0 Å². The van der Waals surface area contributed by atoms with Crippen molar-refractivity contribution in [1.29, 1.82) is 0 Å². The molecule has 0 aliphatic heterocycles. The minimum atomic E-state index is 0.906. The Morgan fingerprint density at radius 1 is 0.345 bits per heavy atom. The number of hydrogen-bond acceptors (Lipinski definition) is 2. The van der Waals surface area contributed by atoms with Crippen LogP contribution >= 0.6 is 0 Å². The van der Waals surface area contributed by atoms with Gasteiger partial charge in [0.05, 0.1) is 11.0 Å². The molecule has 55 heavy (non-hydrogen) atoms. The normalized spacial score (nSPS) is 11.6. The fraction of sp³-hybridized carbons (Fsp3) is 0. The molecule has 3 nitrogen and oxygen atoms in total. The molecule has 0 bridgehead atoms. The molecule has 0 aliphatic rings. The largest absolute Gasteiger partial charge is 0.456 e. The quantitative estimate of drug-likeness (QED) is 0.172. The van der Waals surface area contributed by atoms with Crippen LogP contribution in [0.25, 0.3) is 82.5 Å². The molecule has 11 rings (SSSR count). The molecule has 0 atom stereocenters. The van der Waals surface area contributed by atoms with Crippen LogP contribution in [0.3, 0.4) is 0 Å². The van der Waals surface area contributed by atoms with Crippen molar-refractivity contribution in [2.75, 3.05) is 4.90 Å². The van der Waals surface area contributed by atoms with E-state index in [0.29, 0.717) is 0 Å². The summed E-state index contributed by atoms with van der Waals surface area (Å²) in [5.74, 6) is 0. The summed E-state index contributed by atoms with van der Waals surface area (Å²) in [6.07, 6.45) is 0. The van der Waals surface area contributed by atoms with E-state index in [1.807, 2.05) is 12.1 Å². The summed E-state index contributed by atoms with van der Waals surface area (Å²) in [6, 6.07) is 74.1. The van der Waals surface area contributed by atoms with E-state index < -0.39 is 0 Å². The van der Waals surface area contributed by atoms with Crippen LogP contribution in [0.15, 0.2) is 211 Å². The highest BCUT2D eigenvalue weighted by Crippen LogP contribution is 2.41. The molecule has 0 saturated carbocycles. The van der Waals surface area contributed by atoms with Crippen LogP contribution in [0.2, 0.25) is 0 Å². The lowest BCUT2D eigenvalue weighted by atomic mass is 9.98. The second-order valence-electron chi connectivity index (χ2n) is 14.2. The molecular weight excluding hydrogens is 669 g/mol. The first-order valence-corrected chi connectivity index (χ1v) is 18.8. The predicted octanol–water partition coefficient (Wildman–Crippen LogP) is 14.6. The summed E-state index contributed by atoms with van der Waals surface area (Å²) in [5.41, 5.74) is 13.4. The van der Waals surface area contributed by atoms with Gasteiger partial charge >= 0.3 is 0 Å². The Morgan fingerprint density at radius 3 is 1.76 bits per heavy atom. The SMILES string of the molecule is c1ccc(-n2c3ccccc3c3cc(N(c4ccc(-c5ccc6oc7ccccc7c6c5)cc4)c4ccc(-c5cccc6ccccc56)cc4)ccc32)cc1. The predicted molar refractivity (Wildman–Crippen MR) is 231 cm³/mol. The van der Waals surface area contributed by atoms with E-state index in [2.05, 4.69) is 204 Å². The summed E-state index contributed by atoms with van der Waals surface area (Å²) in [6.45, 7) is 0. The molecule has 0 N–H and O–H groups in total. The van der Waals surface area contributed by atoms with Gasteiger partial charge in [-0.15, -0.1) is 0 Å². The zero-order valence-corrected chi connectivity index (χ0v) is 29.9. The summed E-state index contributed by atoms with van der Waals surface area (Å²) in [4.78, 5) is 2.37. The lowest BCUT2D eigenvalue weighted by molar-refractivity contribution is 0.669. The maximum Gasteiger partial charge on any atom is 0.135 e. The minimum Gasteiger partial charge on any atom is -0.456 e. The first-order valence-electron chi connectivity index (χ1n) is 18.8. The van der Waals surface area contributed by atoms with Gasteiger partial charge in [0, 0.05) is 44.3 Å². The van der Waals surface area contributed by atoms with Gasteiger partial charge in [-0.05, 0) is 112 Å². The Morgan fingerprint density at radius 2 is 0.945 bits per heavy atom. The highest BCUT2D eigenvalue weighted by molar-refractivity contribution is 6.11. The Hall–Kier alpha value is -7.36. The van der Waals surface area contributed by atoms with Gasteiger partial charge in [0.2, 0.25) is 0 Å². The molecule has 0 radical (unpaired) electrons. The van der Waals surface area contributed by atoms with Crippen molar-refractivity contribution in [3.05, 3.63) is 206 Å². The van der Waals surface area contributed by atoms with E-state index in [1.165, 1.54) is 43.7 Å². The van der Waals surface area contributed by atoms with Gasteiger partial charge < -0.3 is 13.9 Å². The van der Waals surface area contributed by atoms with Gasteiger partial charge in [0.1, 0.15) is 11.2 Å². The standard InChI is InChI=1S/C52H34N2O/c1-2-13-39(14-3-1)54-49-19-8-6-16-45(49)47-34-42(30-31-50(47)54)53(41-28-23-37(24-29-41)44-18-10-12-36-11-4-5-15-43(36)44)40-26-21-35(22-27-40)38-25-32-52-48(33-38)46-17-7-9-20-51(46)55-52/h1-34H.